The molecule has 0 aliphatic rings. The molecule has 2 N–H and O–H groups in total. The molecule has 0 aliphatic carbocycles. The molecule has 100 valence electrons. The van der Waals surface area contributed by atoms with Gasteiger partial charge in [0.15, 0.2) is 17.5 Å². The molecule has 2 nitrogen and oxygen atoms in total. The van der Waals surface area contributed by atoms with Crippen molar-refractivity contribution in [2.45, 2.75) is 19.4 Å². The van der Waals surface area contributed by atoms with Gasteiger partial charge < -0.3 is 5.73 Å². The van der Waals surface area contributed by atoms with Crippen LogP contribution in [0.4, 0.5) is 13.2 Å². The van der Waals surface area contributed by atoms with Crippen molar-refractivity contribution in [1.29, 1.82) is 0 Å². The molecular weight excluding hydrogens is 253 g/mol. The van der Waals surface area contributed by atoms with Gasteiger partial charge in [0, 0.05) is 29.9 Å². The van der Waals surface area contributed by atoms with E-state index in [1.165, 1.54) is 0 Å². The molecule has 5 heteroatoms. The fraction of sp³-hybridized carbons (Fsp3) is 0.214. The Morgan fingerprint density at radius 3 is 2.47 bits per heavy atom. The van der Waals surface area contributed by atoms with Gasteiger partial charge in [0.05, 0.1) is 0 Å². The van der Waals surface area contributed by atoms with Gasteiger partial charge in [-0.1, -0.05) is 12.1 Å². The lowest BCUT2D eigenvalue weighted by Gasteiger charge is -2.13. The van der Waals surface area contributed by atoms with E-state index in [0.29, 0.717) is 5.69 Å². The van der Waals surface area contributed by atoms with Crippen LogP contribution in [0.25, 0.3) is 0 Å². The molecule has 0 fully saturated rings. The molecule has 0 bridgehead atoms. The Balaban J connectivity index is 2.23. The molecule has 0 saturated heterocycles. The van der Waals surface area contributed by atoms with Crippen LogP contribution in [0.3, 0.4) is 0 Å². The third-order valence-corrected chi connectivity index (χ3v) is 2.87. The zero-order chi connectivity index (χ0) is 14.0. The van der Waals surface area contributed by atoms with E-state index in [-0.39, 0.29) is 12.0 Å². The van der Waals surface area contributed by atoms with Gasteiger partial charge >= 0.3 is 0 Å². The van der Waals surface area contributed by atoms with Crippen molar-refractivity contribution in [3.8, 4) is 0 Å². The van der Waals surface area contributed by atoms with Crippen LogP contribution in [0.15, 0.2) is 30.5 Å². The van der Waals surface area contributed by atoms with Gasteiger partial charge in [-0.05, 0) is 24.6 Å². The Bertz CT molecular complexity index is 582. The summed E-state index contributed by atoms with van der Waals surface area (Å²) in [4.78, 5) is 4.14. The third-order valence-electron chi connectivity index (χ3n) is 2.87. The number of hydrogen-bond acceptors (Lipinski definition) is 2. The van der Waals surface area contributed by atoms with Gasteiger partial charge in [-0.3, -0.25) is 4.98 Å². The molecule has 1 heterocycles. The van der Waals surface area contributed by atoms with Crippen LogP contribution < -0.4 is 5.73 Å². The Morgan fingerprint density at radius 2 is 1.84 bits per heavy atom. The number of benzene rings is 1. The summed E-state index contributed by atoms with van der Waals surface area (Å²) in [6, 6.07) is 4.89. The summed E-state index contributed by atoms with van der Waals surface area (Å²) < 4.78 is 39.5. The number of aryl methyl sites for hydroxylation is 1. The van der Waals surface area contributed by atoms with Crippen molar-refractivity contribution in [2.24, 2.45) is 5.73 Å². The zero-order valence-electron chi connectivity index (χ0n) is 10.3. The fourth-order valence-corrected chi connectivity index (χ4v) is 1.78. The molecular formula is C14H13F3N2. The first-order valence-electron chi connectivity index (χ1n) is 5.79. The van der Waals surface area contributed by atoms with E-state index in [2.05, 4.69) is 4.98 Å². The molecule has 2 aromatic rings. The van der Waals surface area contributed by atoms with E-state index >= 15 is 0 Å². The minimum atomic E-state index is -1.50. The number of nitrogens with two attached hydrogens (primary N) is 1. The van der Waals surface area contributed by atoms with Crippen LogP contribution in [-0.4, -0.2) is 4.98 Å². The highest BCUT2D eigenvalue weighted by Crippen LogP contribution is 2.22. The Morgan fingerprint density at radius 1 is 1.11 bits per heavy atom. The second-order valence-corrected chi connectivity index (χ2v) is 4.40. The van der Waals surface area contributed by atoms with Crippen molar-refractivity contribution >= 4 is 0 Å². The first-order chi connectivity index (χ1) is 8.99. The summed E-state index contributed by atoms with van der Waals surface area (Å²) in [5, 5.41) is 0. The fourth-order valence-electron chi connectivity index (χ4n) is 1.78. The first-order valence-corrected chi connectivity index (χ1v) is 5.79. The van der Waals surface area contributed by atoms with Gasteiger partial charge in [0.2, 0.25) is 0 Å². The number of aromatic nitrogens is 1. The van der Waals surface area contributed by atoms with Gasteiger partial charge in [0.25, 0.3) is 0 Å². The average molecular weight is 266 g/mol. The minimum Gasteiger partial charge on any atom is -0.324 e. The average Bonchev–Trinajstić information content (AvgIpc) is 2.39. The van der Waals surface area contributed by atoms with Crippen molar-refractivity contribution in [3.05, 3.63) is 64.7 Å². The van der Waals surface area contributed by atoms with Crippen LogP contribution in [-0.2, 0) is 6.42 Å². The Labute approximate surface area is 109 Å². The van der Waals surface area contributed by atoms with E-state index in [4.69, 9.17) is 5.73 Å². The molecule has 1 unspecified atom stereocenters. The summed E-state index contributed by atoms with van der Waals surface area (Å²) in [6.07, 6.45) is 1.92. The second kappa shape index (κ2) is 5.40. The lowest BCUT2D eigenvalue weighted by atomic mass is 10.0. The van der Waals surface area contributed by atoms with Crippen LogP contribution in [0.1, 0.15) is 22.9 Å². The molecule has 0 amide bonds. The van der Waals surface area contributed by atoms with E-state index in [0.717, 1.165) is 17.7 Å². The Kier molecular flexibility index (Phi) is 3.85. The number of hydrogen-bond donors (Lipinski definition) is 1. The summed E-state index contributed by atoms with van der Waals surface area (Å²) in [7, 11) is 0. The van der Waals surface area contributed by atoms with Crippen LogP contribution in [0.5, 0.6) is 0 Å². The number of pyridine rings is 1. The Hall–Kier alpha value is -1.88. The minimum absolute atomic E-state index is 0.0544. The molecule has 19 heavy (non-hydrogen) atoms. The molecule has 0 radical (unpaired) electrons. The zero-order valence-corrected chi connectivity index (χ0v) is 10.3. The van der Waals surface area contributed by atoms with Crippen molar-refractivity contribution in [3.63, 3.8) is 0 Å². The third kappa shape index (κ3) is 2.93. The standard InChI is InChI=1S/C14H13F3N2/c1-8-2-3-9(19-7-8)6-12(18)10-4-5-11(15)14(17)13(10)16/h2-5,7,12H,6,18H2,1H3. The predicted octanol–water partition coefficient (Wildman–Crippen LogP) is 3.05. The normalized spacial score (nSPS) is 12.5. The second-order valence-electron chi connectivity index (χ2n) is 4.40. The largest absolute Gasteiger partial charge is 0.324 e. The van der Waals surface area contributed by atoms with Gasteiger partial charge in [-0.25, -0.2) is 13.2 Å². The highest BCUT2D eigenvalue weighted by molar-refractivity contribution is 5.25. The topological polar surface area (TPSA) is 38.9 Å². The highest BCUT2D eigenvalue weighted by atomic mass is 19.2. The van der Waals surface area contributed by atoms with E-state index < -0.39 is 23.5 Å². The predicted molar refractivity (Wildman–Crippen MR) is 65.9 cm³/mol. The molecule has 0 aliphatic heterocycles. The SMILES string of the molecule is Cc1ccc(CC(N)c2ccc(F)c(F)c2F)nc1. The monoisotopic (exact) mass is 266 g/mol. The maximum Gasteiger partial charge on any atom is 0.194 e. The van der Waals surface area contributed by atoms with E-state index in [9.17, 15) is 13.2 Å². The lowest BCUT2D eigenvalue weighted by Crippen LogP contribution is -2.17. The van der Waals surface area contributed by atoms with Crippen molar-refractivity contribution in [2.75, 3.05) is 0 Å². The summed E-state index contributed by atoms with van der Waals surface area (Å²) in [6.45, 7) is 1.89. The number of rotatable bonds is 3. The smallest absolute Gasteiger partial charge is 0.194 e. The highest BCUT2D eigenvalue weighted by Gasteiger charge is 2.18. The summed E-state index contributed by atoms with van der Waals surface area (Å²) in [5.41, 5.74) is 7.43. The molecule has 1 aromatic heterocycles. The summed E-state index contributed by atoms with van der Waals surface area (Å²) >= 11 is 0. The maximum absolute atomic E-state index is 13.6. The molecule has 0 saturated carbocycles. The van der Waals surface area contributed by atoms with Crippen LogP contribution in [0, 0.1) is 24.4 Å². The summed E-state index contributed by atoms with van der Waals surface area (Å²) in [5.74, 6) is -3.95. The molecule has 0 spiro atoms. The number of halogens is 3. The van der Waals surface area contributed by atoms with Crippen molar-refractivity contribution in [1.82, 2.24) is 4.98 Å². The van der Waals surface area contributed by atoms with Gasteiger partial charge in [0.1, 0.15) is 0 Å². The molecule has 2 rings (SSSR count). The van der Waals surface area contributed by atoms with Gasteiger partial charge in [-0.2, -0.15) is 0 Å². The quantitative estimate of drug-likeness (QED) is 0.867. The molecule has 1 atom stereocenters. The lowest BCUT2D eigenvalue weighted by molar-refractivity contribution is 0.435. The molecule has 1 aromatic carbocycles. The number of nitrogens with zero attached hydrogens (tertiary/aromatic N) is 1. The van der Waals surface area contributed by atoms with Crippen molar-refractivity contribution < 1.29 is 13.2 Å². The van der Waals surface area contributed by atoms with Crippen LogP contribution in [0.2, 0.25) is 0 Å². The first kappa shape index (κ1) is 13.5. The van der Waals surface area contributed by atoms with E-state index in [1.807, 2.05) is 13.0 Å². The van der Waals surface area contributed by atoms with E-state index in [1.54, 1.807) is 12.3 Å². The van der Waals surface area contributed by atoms with Crippen LogP contribution >= 0.6 is 0 Å². The van der Waals surface area contributed by atoms with Gasteiger partial charge in [-0.15, -0.1) is 0 Å². The maximum atomic E-state index is 13.6.